The van der Waals surface area contributed by atoms with Crippen molar-refractivity contribution in [3.05, 3.63) is 65.5 Å². The molecule has 0 bridgehead atoms. The van der Waals surface area contributed by atoms with E-state index < -0.39 is 23.2 Å². The minimum atomic E-state index is -0.906. The van der Waals surface area contributed by atoms with Crippen LogP contribution in [0.5, 0.6) is 0 Å². The van der Waals surface area contributed by atoms with Gasteiger partial charge in [0.25, 0.3) is 0 Å². The summed E-state index contributed by atoms with van der Waals surface area (Å²) < 4.78 is 32.3. The zero-order chi connectivity index (χ0) is 15.6. The molecule has 0 radical (unpaired) electrons. The van der Waals surface area contributed by atoms with Crippen LogP contribution >= 0.6 is 0 Å². The Kier molecular flexibility index (Phi) is 4.18. The highest BCUT2D eigenvalue weighted by Crippen LogP contribution is 2.44. The Hall–Kier alpha value is -1.85. The van der Waals surface area contributed by atoms with Crippen LogP contribution in [0.3, 0.4) is 0 Å². The maximum atomic E-state index is 13.7. The number of aliphatic hydroxyl groups is 1. The van der Waals surface area contributed by atoms with E-state index in [1.54, 1.807) is 24.4 Å². The summed E-state index contributed by atoms with van der Waals surface area (Å²) in [6.07, 6.45) is 1.75. The highest BCUT2D eigenvalue weighted by molar-refractivity contribution is 5.31. The van der Waals surface area contributed by atoms with Gasteiger partial charge in [-0.1, -0.05) is 12.1 Å². The zero-order valence-corrected chi connectivity index (χ0v) is 12.0. The Balaban J connectivity index is 2.06. The molecule has 1 aliphatic heterocycles. The largest absolute Gasteiger partial charge is 0.386 e. The summed E-state index contributed by atoms with van der Waals surface area (Å²) in [5.74, 6) is -1.80. The molecule has 116 valence electrons. The quantitative estimate of drug-likeness (QED) is 0.947. The van der Waals surface area contributed by atoms with E-state index in [0.29, 0.717) is 37.3 Å². The van der Waals surface area contributed by atoms with Crippen molar-refractivity contribution in [2.45, 2.75) is 24.4 Å². The first-order valence-electron chi connectivity index (χ1n) is 7.26. The number of ether oxygens (including phenoxy) is 1. The maximum absolute atomic E-state index is 13.7. The maximum Gasteiger partial charge on any atom is 0.159 e. The molecule has 1 fully saturated rings. The lowest BCUT2D eigenvalue weighted by atomic mass is 9.69. The van der Waals surface area contributed by atoms with Crippen molar-refractivity contribution < 1.29 is 18.6 Å². The van der Waals surface area contributed by atoms with Crippen LogP contribution in [0.2, 0.25) is 0 Å². The van der Waals surface area contributed by atoms with Crippen LogP contribution in [0.1, 0.15) is 30.2 Å². The number of rotatable bonds is 3. The summed E-state index contributed by atoms with van der Waals surface area (Å²) >= 11 is 0. The van der Waals surface area contributed by atoms with Crippen LogP contribution in [0.15, 0.2) is 42.6 Å². The van der Waals surface area contributed by atoms with Crippen molar-refractivity contribution in [3.63, 3.8) is 0 Å². The standard InChI is InChI=1S/C17H17F2NO2/c18-13-5-4-12(11-14(13)19)17(6-9-22-10-7-17)16(21)15-3-1-2-8-20-15/h1-5,8,11,16,21H,6-7,9-10H2. The van der Waals surface area contributed by atoms with Crippen LogP contribution in [-0.4, -0.2) is 23.3 Å². The van der Waals surface area contributed by atoms with Crippen molar-refractivity contribution in [3.8, 4) is 0 Å². The molecule has 1 saturated heterocycles. The molecule has 5 heteroatoms. The highest BCUT2D eigenvalue weighted by Gasteiger charge is 2.42. The molecular weight excluding hydrogens is 288 g/mol. The van der Waals surface area contributed by atoms with Gasteiger partial charge in [0.15, 0.2) is 11.6 Å². The second kappa shape index (κ2) is 6.10. The molecular formula is C17H17F2NO2. The number of hydrogen-bond acceptors (Lipinski definition) is 3. The SMILES string of the molecule is OC(c1ccccn1)C1(c2ccc(F)c(F)c2)CCOCC1. The van der Waals surface area contributed by atoms with Gasteiger partial charge in [-0.3, -0.25) is 4.98 Å². The average molecular weight is 305 g/mol. The average Bonchev–Trinajstić information content (AvgIpc) is 2.58. The summed E-state index contributed by atoms with van der Waals surface area (Å²) in [4.78, 5) is 4.21. The van der Waals surface area contributed by atoms with Gasteiger partial charge in [0.05, 0.1) is 5.69 Å². The monoisotopic (exact) mass is 305 g/mol. The number of benzene rings is 1. The molecule has 2 aromatic rings. The van der Waals surface area contributed by atoms with Gasteiger partial charge in [-0.15, -0.1) is 0 Å². The molecule has 0 amide bonds. The number of aromatic nitrogens is 1. The molecule has 1 N–H and O–H groups in total. The van der Waals surface area contributed by atoms with Crippen molar-refractivity contribution in [1.29, 1.82) is 0 Å². The van der Waals surface area contributed by atoms with Gasteiger partial charge in [-0.2, -0.15) is 0 Å². The van der Waals surface area contributed by atoms with Gasteiger partial charge in [-0.05, 0) is 42.7 Å². The van der Waals surface area contributed by atoms with Gasteiger partial charge in [0.2, 0.25) is 0 Å². The Labute approximate surface area is 127 Å². The Morgan fingerprint density at radius 3 is 2.50 bits per heavy atom. The third-order valence-corrected chi connectivity index (χ3v) is 4.37. The smallest absolute Gasteiger partial charge is 0.159 e. The normalized spacial score (nSPS) is 18.9. The number of aliphatic hydroxyl groups excluding tert-OH is 1. The van der Waals surface area contributed by atoms with Crippen LogP contribution in [0.25, 0.3) is 0 Å². The lowest BCUT2D eigenvalue weighted by Crippen LogP contribution is -2.40. The molecule has 22 heavy (non-hydrogen) atoms. The molecule has 3 nitrogen and oxygen atoms in total. The minimum absolute atomic E-state index is 0.461. The first-order valence-corrected chi connectivity index (χ1v) is 7.26. The molecule has 1 unspecified atom stereocenters. The fourth-order valence-electron chi connectivity index (χ4n) is 3.08. The van der Waals surface area contributed by atoms with E-state index in [2.05, 4.69) is 4.98 Å². The van der Waals surface area contributed by atoms with Crippen molar-refractivity contribution in [1.82, 2.24) is 4.98 Å². The van der Waals surface area contributed by atoms with E-state index in [1.807, 2.05) is 0 Å². The molecule has 1 aromatic carbocycles. The molecule has 2 heterocycles. The molecule has 1 aliphatic rings. The lowest BCUT2D eigenvalue weighted by Gasteiger charge is -2.41. The van der Waals surface area contributed by atoms with E-state index in [4.69, 9.17) is 4.74 Å². The topological polar surface area (TPSA) is 42.4 Å². The van der Waals surface area contributed by atoms with E-state index in [-0.39, 0.29) is 0 Å². The number of hydrogen-bond donors (Lipinski definition) is 1. The highest BCUT2D eigenvalue weighted by atomic mass is 19.2. The molecule has 0 saturated carbocycles. The molecule has 1 atom stereocenters. The van der Waals surface area contributed by atoms with Crippen molar-refractivity contribution >= 4 is 0 Å². The van der Waals surface area contributed by atoms with E-state index in [0.717, 1.165) is 6.07 Å². The second-order valence-electron chi connectivity index (χ2n) is 5.55. The summed E-state index contributed by atoms with van der Waals surface area (Å²) in [5.41, 5.74) is 0.378. The fourth-order valence-corrected chi connectivity index (χ4v) is 3.08. The molecule has 3 rings (SSSR count). The Morgan fingerprint density at radius 2 is 1.86 bits per heavy atom. The second-order valence-corrected chi connectivity index (χ2v) is 5.55. The summed E-state index contributed by atoms with van der Waals surface area (Å²) in [7, 11) is 0. The molecule has 1 aromatic heterocycles. The first-order chi connectivity index (χ1) is 10.6. The van der Waals surface area contributed by atoms with Gasteiger partial charge in [0.1, 0.15) is 6.10 Å². The lowest BCUT2D eigenvalue weighted by molar-refractivity contribution is -0.0188. The zero-order valence-electron chi connectivity index (χ0n) is 12.0. The van der Waals surface area contributed by atoms with Gasteiger partial charge in [0, 0.05) is 24.8 Å². The summed E-state index contributed by atoms with van der Waals surface area (Å²) in [6.45, 7) is 0.922. The minimum Gasteiger partial charge on any atom is -0.386 e. The van der Waals surface area contributed by atoms with Crippen LogP contribution < -0.4 is 0 Å². The Bertz CT molecular complexity index is 642. The third-order valence-electron chi connectivity index (χ3n) is 4.37. The van der Waals surface area contributed by atoms with Crippen molar-refractivity contribution in [2.75, 3.05) is 13.2 Å². The van der Waals surface area contributed by atoms with Crippen LogP contribution in [0, 0.1) is 11.6 Å². The Morgan fingerprint density at radius 1 is 1.09 bits per heavy atom. The van der Waals surface area contributed by atoms with Gasteiger partial charge < -0.3 is 9.84 Å². The predicted octanol–water partition coefficient (Wildman–Crippen LogP) is 3.14. The summed E-state index contributed by atoms with van der Waals surface area (Å²) in [5, 5.41) is 10.9. The third kappa shape index (κ3) is 2.62. The molecule has 0 aliphatic carbocycles. The number of halogens is 2. The van der Waals surface area contributed by atoms with E-state index >= 15 is 0 Å². The van der Waals surface area contributed by atoms with Crippen molar-refractivity contribution in [2.24, 2.45) is 0 Å². The molecule has 0 spiro atoms. The van der Waals surface area contributed by atoms with E-state index in [9.17, 15) is 13.9 Å². The first kappa shape index (κ1) is 15.1. The van der Waals surface area contributed by atoms with Gasteiger partial charge in [-0.25, -0.2) is 8.78 Å². The van der Waals surface area contributed by atoms with Gasteiger partial charge >= 0.3 is 0 Å². The van der Waals surface area contributed by atoms with Crippen LogP contribution in [0.4, 0.5) is 8.78 Å². The number of nitrogens with zero attached hydrogens (tertiary/aromatic N) is 1. The van der Waals surface area contributed by atoms with Crippen LogP contribution in [-0.2, 0) is 10.2 Å². The predicted molar refractivity (Wildman–Crippen MR) is 77.3 cm³/mol. The van der Waals surface area contributed by atoms with E-state index in [1.165, 1.54) is 12.1 Å². The summed E-state index contributed by atoms with van der Waals surface area (Å²) in [6, 6.07) is 9.12. The fraction of sp³-hybridized carbons (Fsp3) is 0.353. The number of pyridine rings is 1.